The third kappa shape index (κ3) is 4.73. The molecule has 0 aromatic heterocycles. The van der Waals surface area contributed by atoms with E-state index in [9.17, 15) is 4.79 Å². The standard InChI is InChI=1S/C18H28N2O2/c1-14-5-6-17(13-15(14)2)22-12-4-11-20(3)18(21)16-7-9-19-10-8-16/h5-6,13,16,19H,4,7-12H2,1-3H3. The molecule has 2 rings (SSSR count). The van der Waals surface area contributed by atoms with E-state index < -0.39 is 0 Å². The molecule has 22 heavy (non-hydrogen) atoms. The highest BCUT2D eigenvalue weighted by Crippen LogP contribution is 2.17. The number of carbonyl (C=O) groups excluding carboxylic acids is 1. The smallest absolute Gasteiger partial charge is 0.225 e. The fraction of sp³-hybridized carbons (Fsp3) is 0.611. The van der Waals surface area contributed by atoms with Gasteiger partial charge in [0.05, 0.1) is 6.61 Å². The molecule has 0 aliphatic carbocycles. The Morgan fingerprint density at radius 2 is 2.00 bits per heavy atom. The van der Waals surface area contributed by atoms with Crippen molar-refractivity contribution in [2.45, 2.75) is 33.1 Å². The maximum atomic E-state index is 12.3. The highest BCUT2D eigenvalue weighted by atomic mass is 16.5. The summed E-state index contributed by atoms with van der Waals surface area (Å²) in [6.07, 6.45) is 2.78. The minimum Gasteiger partial charge on any atom is -0.494 e. The van der Waals surface area contributed by atoms with E-state index in [-0.39, 0.29) is 11.8 Å². The van der Waals surface area contributed by atoms with Crippen LogP contribution < -0.4 is 10.1 Å². The number of amides is 1. The molecule has 1 aromatic rings. The first-order valence-electron chi connectivity index (χ1n) is 8.23. The largest absolute Gasteiger partial charge is 0.494 e. The lowest BCUT2D eigenvalue weighted by Crippen LogP contribution is -2.39. The van der Waals surface area contributed by atoms with Gasteiger partial charge in [-0.2, -0.15) is 0 Å². The van der Waals surface area contributed by atoms with E-state index in [2.05, 4.69) is 31.3 Å². The predicted molar refractivity (Wildman–Crippen MR) is 89.3 cm³/mol. The van der Waals surface area contributed by atoms with E-state index in [1.54, 1.807) is 0 Å². The van der Waals surface area contributed by atoms with Crippen LogP contribution in [-0.4, -0.2) is 44.1 Å². The molecule has 1 heterocycles. The first-order valence-corrected chi connectivity index (χ1v) is 8.23. The molecule has 4 nitrogen and oxygen atoms in total. The van der Waals surface area contributed by atoms with E-state index in [4.69, 9.17) is 4.74 Å². The van der Waals surface area contributed by atoms with Gasteiger partial charge in [0.15, 0.2) is 0 Å². The highest BCUT2D eigenvalue weighted by molar-refractivity contribution is 5.78. The molecule has 0 atom stereocenters. The molecule has 4 heteroatoms. The van der Waals surface area contributed by atoms with Crippen molar-refractivity contribution in [3.63, 3.8) is 0 Å². The quantitative estimate of drug-likeness (QED) is 0.821. The Labute approximate surface area is 133 Å². The molecule has 0 radical (unpaired) electrons. The van der Waals surface area contributed by atoms with Crippen LogP contribution in [0.4, 0.5) is 0 Å². The average molecular weight is 304 g/mol. The van der Waals surface area contributed by atoms with E-state index in [0.717, 1.165) is 44.6 Å². The summed E-state index contributed by atoms with van der Waals surface area (Å²) in [5, 5.41) is 3.30. The molecule has 1 aliphatic heterocycles. The van der Waals surface area contributed by atoms with Crippen LogP contribution in [0, 0.1) is 19.8 Å². The van der Waals surface area contributed by atoms with Gasteiger partial charge in [-0.05, 0) is 69.5 Å². The maximum Gasteiger partial charge on any atom is 0.225 e. The molecule has 122 valence electrons. The fourth-order valence-electron chi connectivity index (χ4n) is 2.79. The normalized spacial score (nSPS) is 15.6. The number of nitrogens with one attached hydrogen (secondary N) is 1. The third-order valence-corrected chi connectivity index (χ3v) is 4.45. The number of hydrogen-bond acceptors (Lipinski definition) is 3. The molecule has 0 saturated carbocycles. The Hall–Kier alpha value is -1.55. The Bertz CT molecular complexity index is 496. The zero-order valence-electron chi connectivity index (χ0n) is 14.0. The second kappa shape index (κ2) is 8.18. The number of piperidine rings is 1. The zero-order valence-corrected chi connectivity index (χ0v) is 14.0. The summed E-state index contributed by atoms with van der Waals surface area (Å²) in [4.78, 5) is 14.2. The SMILES string of the molecule is Cc1ccc(OCCCN(C)C(=O)C2CCNCC2)cc1C. The number of aryl methyl sites for hydroxylation is 2. The Kier molecular flexibility index (Phi) is 6.25. The molecule has 1 aliphatic rings. The van der Waals surface area contributed by atoms with Gasteiger partial charge in [0.1, 0.15) is 5.75 Å². The number of benzene rings is 1. The monoisotopic (exact) mass is 304 g/mol. The van der Waals surface area contributed by atoms with Crippen LogP contribution in [0.15, 0.2) is 18.2 Å². The van der Waals surface area contributed by atoms with Crippen LogP contribution in [0.3, 0.4) is 0 Å². The average Bonchev–Trinajstić information content (AvgIpc) is 2.54. The van der Waals surface area contributed by atoms with Gasteiger partial charge in [0.25, 0.3) is 0 Å². The molecule has 1 saturated heterocycles. The molecule has 1 N–H and O–H groups in total. The maximum absolute atomic E-state index is 12.3. The topological polar surface area (TPSA) is 41.6 Å². The van der Waals surface area contributed by atoms with Gasteiger partial charge in [-0.25, -0.2) is 0 Å². The lowest BCUT2D eigenvalue weighted by molar-refractivity contribution is -0.135. The van der Waals surface area contributed by atoms with E-state index >= 15 is 0 Å². The number of rotatable bonds is 6. The second-order valence-electron chi connectivity index (χ2n) is 6.23. The van der Waals surface area contributed by atoms with E-state index in [1.807, 2.05) is 18.0 Å². The lowest BCUT2D eigenvalue weighted by atomic mass is 9.97. The van der Waals surface area contributed by atoms with Crippen molar-refractivity contribution in [1.29, 1.82) is 0 Å². The van der Waals surface area contributed by atoms with Crippen molar-refractivity contribution in [2.75, 3.05) is 33.3 Å². The highest BCUT2D eigenvalue weighted by Gasteiger charge is 2.23. The van der Waals surface area contributed by atoms with Gasteiger partial charge in [-0.15, -0.1) is 0 Å². The van der Waals surface area contributed by atoms with Gasteiger partial charge in [-0.3, -0.25) is 4.79 Å². The third-order valence-electron chi connectivity index (χ3n) is 4.45. The van der Waals surface area contributed by atoms with Gasteiger partial charge < -0.3 is 15.0 Å². The number of carbonyl (C=O) groups is 1. The summed E-state index contributed by atoms with van der Waals surface area (Å²) >= 11 is 0. The minimum atomic E-state index is 0.201. The lowest BCUT2D eigenvalue weighted by Gasteiger charge is -2.26. The van der Waals surface area contributed by atoms with Crippen molar-refractivity contribution >= 4 is 5.91 Å². The first kappa shape index (κ1) is 16.8. The summed E-state index contributed by atoms with van der Waals surface area (Å²) in [5.41, 5.74) is 2.52. The zero-order chi connectivity index (χ0) is 15.9. The fourth-order valence-corrected chi connectivity index (χ4v) is 2.79. The second-order valence-corrected chi connectivity index (χ2v) is 6.23. The van der Waals surface area contributed by atoms with Crippen LogP contribution in [0.25, 0.3) is 0 Å². The van der Waals surface area contributed by atoms with Gasteiger partial charge in [0.2, 0.25) is 5.91 Å². The molecule has 0 spiro atoms. The minimum absolute atomic E-state index is 0.201. The van der Waals surface area contributed by atoms with Crippen molar-refractivity contribution in [3.8, 4) is 5.75 Å². The summed E-state index contributed by atoms with van der Waals surface area (Å²) in [6, 6.07) is 6.16. The molecule has 1 aromatic carbocycles. The van der Waals surface area contributed by atoms with Crippen LogP contribution in [0.2, 0.25) is 0 Å². The van der Waals surface area contributed by atoms with Crippen molar-refractivity contribution in [2.24, 2.45) is 5.92 Å². The Balaban J connectivity index is 1.69. The van der Waals surface area contributed by atoms with Crippen LogP contribution in [0.1, 0.15) is 30.4 Å². The number of ether oxygens (including phenoxy) is 1. The Morgan fingerprint density at radius 1 is 1.27 bits per heavy atom. The van der Waals surface area contributed by atoms with Gasteiger partial charge in [-0.1, -0.05) is 6.07 Å². The summed E-state index contributed by atoms with van der Waals surface area (Å²) in [7, 11) is 1.90. The van der Waals surface area contributed by atoms with Crippen LogP contribution in [0.5, 0.6) is 5.75 Å². The van der Waals surface area contributed by atoms with Gasteiger partial charge in [0, 0.05) is 19.5 Å². The van der Waals surface area contributed by atoms with E-state index in [0.29, 0.717) is 6.61 Å². The molecule has 0 bridgehead atoms. The molecule has 1 amide bonds. The molecular formula is C18H28N2O2. The van der Waals surface area contributed by atoms with Crippen LogP contribution >= 0.6 is 0 Å². The summed E-state index contributed by atoms with van der Waals surface area (Å²) < 4.78 is 5.77. The van der Waals surface area contributed by atoms with Crippen molar-refractivity contribution in [1.82, 2.24) is 10.2 Å². The Morgan fingerprint density at radius 3 is 2.68 bits per heavy atom. The summed E-state index contributed by atoms with van der Waals surface area (Å²) in [6.45, 7) is 7.51. The summed E-state index contributed by atoms with van der Waals surface area (Å²) in [5.74, 6) is 1.40. The molecule has 1 fully saturated rings. The molecule has 0 unspecified atom stereocenters. The van der Waals surface area contributed by atoms with Crippen molar-refractivity contribution < 1.29 is 9.53 Å². The molecular weight excluding hydrogens is 276 g/mol. The van der Waals surface area contributed by atoms with Crippen molar-refractivity contribution in [3.05, 3.63) is 29.3 Å². The van der Waals surface area contributed by atoms with Gasteiger partial charge >= 0.3 is 0 Å². The van der Waals surface area contributed by atoms with E-state index in [1.165, 1.54) is 11.1 Å². The number of nitrogens with zero attached hydrogens (tertiary/aromatic N) is 1. The first-order chi connectivity index (χ1) is 10.6. The number of hydrogen-bond donors (Lipinski definition) is 1. The van der Waals surface area contributed by atoms with Crippen LogP contribution in [-0.2, 0) is 4.79 Å². The predicted octanol–water partition coefficient (Wildman–Crippen LogP) is 2.53.